The minimum absolute atomic E-state index is 0.0280. The first kappa shape index (κ1) is 22.1. The van der Waals surface area contributed by atoms with Gasteiger partial charge in [-0.1, -0.05) is 5.16 Å². The average Bonchev–Trinajstić information content (AvgIpc) is 3.35. The van der Waals surface area contributed by atoms with Gasteiger partial charge >= 0.3 is 18.5 Å². The maximum absolute atomic E-state index is 13.1. The summed E-state index contributed by atoms with van der Waals surface area (Å²) in [5.74, 6) is -0.969. The van der Waals surface area contributed by atoms with Crippen LogP contribution in [0.3, 0.4) is 0 Å². The average molecular weight is 486 g/mol. The molecule has 0 aliphatic rings. The largest absolute Gasteiger partial charge is 0.435 e. The van der Waals surface area contributed by atoms with Crippen LogP contribution in [0.4, 0.5) is 39.5 Å². The summed E-state index contributed by atoms with van der Waals surface area (Å²) in [7, 11) is 1.28. The number of hydrogen-bond donors (Lipinski definition) is 0. The van der Waals surface area contributed by atoms with E-state index < -0.39 is 46.7 Å². The molecule has 0 spiro atoms. The Labute approximate surface area is 175 Å². The molecule has 15 heteroatoms. The first-order valence-corrected chi connectivity index (χ1v) is 9.14. The molecule has 5 nitrogen and oxygen atoms in total. The van der Waals surface area contributed by atoms with E-state index in [0.717, 1.165) is 22.1 Å². The molecule has 0 saturated carbocycles. The SMILES string of the molecule is Cn1nc(C(F)(F)F)c2cc(-c3nc(-c4cc(C(F)(F)F)cc(C(F)(F)F)c4)no3)sc21. The molecule has 0 saturated heterocycles. The van der Waals surface area contributed by atoms with E-state index in [1.807, 2.05) is 0 Å². The topological polar surface area (TPSA) is 56.7 Å². The summed E-state index contributed by atoms with van der Waals surface area (Å²) in [6.07, 6.45) is -14.9. The van der Waals surface area contributed by atoms with Crippen molar-refractivity contribution in [2.45, 2.75) is 18.5 Å². The normalized spacial score (nSPS) is 13.3. The summed E-state index contributed by atoms with van der Waals surface area (Å²) in [6.45, 7) is 0. The number of rotatable bonds is 2. The van der Waals surface area contributed by atoms with Crippen molar-refractivity contribution < 1.29 is 44.0 Å². The third-order valence-electron chi connectivity index (χ3n) is 4.26. The predicted octanol–water partition coefficient (Wildman–Crippen LogP) is 6.41. The number of thiophene rings is 1. The maximum atomic E-state index is 13.1. The molecule has 3 heterocycles. The highest BCUT2D eigenvalue weighted by atomic mass is 32.1. The second-order valence-corrected chi connectivity index (χ2v) is 7.55. The first-order chi connectivity index (χ1) is 14.6. The van der Waals surface area contributed by atoms with Gasteiger partial charge in [0.05, 0.1) is 16.0 Å². The van der Waals surface area contributed by atoms with Crippen LogP contribution >= 0.6 is 11.3 Å². The smallest absolute Gasteiger partial charge is 0.333 e. The lowest BCUT2D eigenvalue weighted by molar-refractivity contribution is -0.143. The van der Waals surface area contributed by atoms with Gasteiger partial charge in [0.25, 0.3) is 5.89 Å². The molecule has 0 N–H and O–H groups in total. The number of aryl methyl sites for hydroxylation is 1. The fourth-order valence-electron chi connectivity index (χ4n) is 2.88. The highest BCUT2D eigenvalue weighted by molar-refractivity contribution is 7.21. The van der Waals surface area contributed by atoms with Crippen molar-refractivity contribution in [2.24, 2.45) is 7.05 Å². The summed E-state index contributed by atoms with van der Waals surface area (Å²) in [5.41, 5.74) is -4.93. The molecule has 0 fully saturated rings. The number of benzene rings is 1. The van der Waals surface area contributed by atoms with Gasteiger partial charge in [0.1, 0.15) is 4.83 Å². The predicted molar refractivity (Wildman–Crippen MR) is 92.3 cm³/mol. The number of alkyl halides is 9. The number of aromatic nitrogens is 4. The maximum Gasteiger partial charge on any atom is 0.435 e. The second kappa shape index (κ2) is 6.95. The molecule has 0 unspecified atom stereocenters. The molecule has 0 atom stereocenters. The zero-order chi connectivity index (χ0) is 23.6. The van der Waals surface area contributed by atoms with Crippen LogP contribution in [-0.4, -0.2) is 19.9 Å². The van der Waals surface area contributed by atoms with Gasteiger partial charge in [-0.15, -0.1) is 11.3 Å². The lowest BCUT2D eigenvalue weighted by Gasteiger charge is -2.12. The third-order valence-corrected chi connectivity index (χ3v) is 5.45. The molecule has 0 aliphatic carbocycles. The highest BCUT2D eigenvalue weighted by Gasteiger charge is 2.39. The molecule has 0 aliphatic heterocycles. The zero-order valence-electron chi connectivity index (χ0n) is 15.3. The van der Waals surface area contributed by atoms with E-state index >= 15 is 0 Å². The summed E-state index contributed by atoms with van der Waals surface area (Å²) < 4.78 is 124. The Morgan fingerprint density at radius 1 is 0.844 bits per heavy atom. The van der Waals surface area contributed by atoms with Gasteiger partial charge in [0.15, 0.2) is 5.69 Å². The van der Waals surface area contributed by atoms with Crippen LogP contribution in [0.15, 0.2) is 28.8 Å². The molecular formula is C17H7F9N4OS. The number of nitrogens with zero attached hydrogens (tertiary/aromatic N) is 4. The zero-order valence-corrected chi connectivity index (χ0v) is 16.1. The van der Waals surface area contributed by atoms with E-state index in [9.17, 15) is 39.5 Å². The Morgan fingerprint density at radius 3 is 1.97 bits per heavy atom. The van der Waals surface area contributed by atoms with Gasteiger partial charge < -0.3 is 4.52 Å². The van der Waals surface area contributed by atoms with E-state index in [-0.39, 0.29) is 27.1 Å². The lowest BCUT2D eigenvalue weighted by Crippen LogP contribution is -2.11. The van der Waals surface area contributed by atoms with E-state index in [4.69, 9.17) is 4.52 Å². The van der Waals surface area contributed by atoms with E-state index in [1.165, 1.54) is 7.05 Å². The monoisotopic (exact) mass is 486 g/mol. The van der Waals surface area contributed by atoms with Gasteiger partial charge in [-0.25, -0.2) is 0 Å². The molecule has 3 aromatic heterocycles. The summed E-state index contributed by atoms with van der Waals surface area (Å²) >= 11 is 0.781. The van der Waals surface area contributed by atoms with Crippen molar-refractivity contribution in [3.63, 3.8) is 0 Å². The molecular weight excluding hydrogens is 479 g/mol. The minimum Gasteiger partial charge on any atom is -0.333 e. The molecule has 0 bridgehead atoms. The van der Waals surface area contributed by atoms with Crippen molar-refractivity contribution in [1.82, 2.24) is 19.9 Å². The summed E-state index contributed by atoms with van der Waals surface area (Å²) in [6, 6.07) is 1.84. The van der Waals surface area contributed by atoms with E-state index in [0.29, 0.717) is 12.1 Å². The molecule has 0 radical (unpaired) electrons. The fourth-order valence-corrected chi connectivity index (χ4v) is 3.87. The van der Waals surface area contributed by atoms with Crippen LogP contribution in [-0.2, 0) is 25.6 Å². The fraction of sp³-hybridized carbons (Fsp3) is 0.235. The van der Waals surface area contributed by atoms with Crippen LogP contribution in [0.25, 0.3) is 32.4 Å². The van der Waals surface area contributed by atoms with Crippen molar-refractivity contribution >= 4 is 21.6 Å². The van der Waals surface area contributed by atoms with Crippen molar-refractivity contribution in [3.05, 3.63) is 41.1 Å². The number of halogens is 9. The van der Waals surface area contributed by atoms with Gasteiger partial charge in [0.2, 0.25) is 5.82 Å². The molecule has 1 aromatic carbocycles. The molecule has 0 amide bonds. The second-order valence-electron chi connectivity index (χ2n) is 6.52. The van der Waals surface area contributed by atoms with E-state index in [1.54, 1.807) is 0 Å². The van der Waals surface area contributed by atoms with Crippen LogP contribution in [0.2, 0.25) is 0 Å². The van der Waals surface area contributed by atoms with Crippen molar-refractivity contribution in [2.75, 3.05) is 0 Å². The standard InChI is InChI=1S/C17H7F9N4OS/c1-30-14-9(11(28-30)17(24,25)26)5-10(32-14)13-27-12(29-31-13)6-2-7(15(18,19)20)4-8(3-6)16(21,22)23/h2-5H,1H3. The molecule has 32 heavy (non-hydrogen) atoms. The third kappa shape index (κ3) is 3.91. The molecule has 170 valence electrons. The lowest BCUT2D eigenvalue weighted by atomic mass is 10.0. The van der Waals surface area contributed by atoms with Crippen LogP contribution in [0.1, 0.15) is 16.8 Å². The first-order valence-electron chi connectivity index (χ1n) is 8.32. The number of hydrogen-bond acceptors (Lipinski definition) is 5. The molecule has 4 rings (SSSR count). The Balaban J connectivity index is 1.80. The summed E-state index contributed by atoms with van der Waals surface area (Å²) in [5, 5.41) is 6.53. The van der Waals surface area contributed by atoms with Crippen LogP contribution in [0, 0.1) is 0 Å². The Bertz CT molecular complexity index is 1280. The highest BCUT2D eigenvalue weighted by Crippen LogP contribution is 2.41. The Hall–Kier alpha value is -3.10. The molecule has 4 aromatic rings. The van der Waals surface area contributed by atoms with Crippen LogP contribution < -0.4 is 0 Å². The van der Waals surface area contributed by atoms with E-state index in [2.05, 4.69) is 15.2 Å². The van der Waals surface area contributed by atoms with Gasteiger partial charge in [-0.3, -0.25) is 4.68 Å². The van der Waals surface area contributed by atoms with Crippen molar-refractivity contribution in [1.29, 1.82) is 0 Å². The summed E-state index contributed by atoms with van der Waals surface area (Å²) in [4.78, 5) is 3.91. The van der Waals surface area contributed by atoms with Crippen LogP contribution in [0.5, 0.6) is 0 Å². The number of fused-ring (bicyclic) bond motifs is 1. The minimum atomic E-state index is -5.07. The van der Waals surface area contributed by atoms with Gasteiger partial charge in [0, 0.05) is 18.0 Å². The van der Waals surface area contributed by atoms with Gasteiger partial charge in [-0.05, 0) is 24.3 Å². The van der Waals surface area contributed by atoms with Crippen molar-refractivity contribution in [3.8, 4) is 22.2 Å². The Kier molecular flexibility index (Phi) is 4.80. The Morgan fingerprint density at radius 2 is 1.44 bits per heavy atom. The van der Waals surface area contributed by atoms with Gasteiger partial charge in [-0.2, -0.15) is 49.6 Å². The quantitative estimate of drug-likeness (QED) is 0.308.